The van der Waals surface area contributed by atoms with Crippen LogP contribution < -0.4 is 15.8 Å². The van der Waals surface area contributed by atoms with Crippen LogP contribution in [0.15, 0.2) is 18.3 Å². The van der Waals surface area contributed by atoms with Crippen LogP contribution in [-0.4, -0.2) is 24.0 Å². The number of rotatable bonds is 8. The van der Waals surface area contributed by atoms with Crippen LogP contribution in [0.3, 0.4) is 0 Å². The number of nitrogens with one attached hydrogen (secondary N) is 1. The van der Waals surface area contributed by atoms with Crippen LogP contribution >= 0.6 is 0 Å². The molecule has 1 aromatic heterocycles. The molecule has 1 rings (SSSR count). The molecule has 1 amide bonds. The number of primary amides is 1. The molecular weight excluding hydrogens is 218 g/mol. The summed E-state index contributed by atoms with van der Waals surface area (Å²) in [5, 5.41) is 3.26. The van der Waals surface area contributed by atoms with E-state index in [0.717, 1.165) is 25.2 Å². The van der Waals surface area contributed by atoms with Crippen molar-refractivity contribution in [3.05, 3.63) is 24.0 Å². The molecular formula is C12H19N3O2. The molecule has 94 valence electrons. The molecule has 0 radical (unpaired) electrons. The first kappa shape index (κ1) is 13.4. The molecule has 0 aliphatic heterocycles. The zero-order valence-electron chi connectivity index (χ0n) is 10.1. The molecule has 0 fully saturated rings. The van der Waals surface area contributed by atoms with Crippen molar-refractivity contribution in [2.45, 2.75) is 26.3 Å². The molecule has 1 aromatic rings. The first-order valence-corrected chi connectivity index (χ1v) is 5.79. The van der Waals surface area contributed by atoms with E-state index in [0.29, 0.717) is 12.4 Å². The summed E-state index contributed by atoms with van der Waals surface area (Å²) < 4.78 is 5.31. The Morgan fingerprint density at radius 1 is 1.53 bits per heavy atom. The van der Waals surface area contributed by atoms with Crippen LogP contribution in [0.4, 0.5) is 0 Å². The number of nitrogens with zero attached hydrogens (tertiary/aromatic N) is 1. The molecule has 3 N–H and O–H groups in total. The van der Waals surface area contributed by atoms with Gasteiger partial charge in [0.15, 0.2) is 0 Å². The van der Waals surface area contributed by atoms with Crippen LogP contribution in [0.2, 0.25) is 0 Å². The Kier molecular flexibility index (Phi) is 6.03. The number of nitrogens with two attached hydrogens (primary N) is 1. The zero-order chi connectivity index (χ0) is 12.5. The minimum Gasteiger partial charge on any atom is -0.491 e. The highest BCUT2D eigenvalue weighted by Crippen LogP contribution is 2.09. The van der Waals surface area contributed by atoms with Gasteiger partial charge in [-0.3, -0.25) is 9.78 Å². The molecule has 0 atom stereocenters. The third-order valence-corrected chi connectivity index (χ3v) is 2.15. The van der Waals surface area contributed by atoms with Crippen LogP contribution in [0, 0.1) is 0 Å². The number of carbonyl (C=O) groups excluding carboxylic acids is 1. The third-order valence-electron chi connectivity index (χ3n) is 2.15. The number of amides is 1. The Hall–Kier alpha value is -1.62. The number of ether oxygens (including phenoxy) is 1. The number of hydrogen-bond acceptors (Lipinski definition) is 4. The van der Waals surface area contributed by atoms with Crippen molar-refractivity contribution in [3.63, 3.8) is 0 Å². The number of aromatic nitrogens is 1. The average molecular weight is 237 g/mol. The third kappa shape index (κ3) is 5.87. The van der Waals surface area contributed by atoms with Gasteiger partial charge in [-0.1, -0.05) is 6.92 Å². The maximum Gasteiger partial charge on any atom is 0.220 e. The fourth-order valence-corrected chi connectivity index (χ4v) is 1.26. The smallest absolute Gasteiger partial charge is 0.220 e. The van der Waals surface area contributed by atoms with Crippen molar-refractivity contribution < 1.29 is 9.53 Å². The quantitative estimate of drug-likeness (QED) is 0.657. The Morgan fingerprint density at radius 2 is 2.35 bits per heavy atom. The predicted octanol–water partition coefficient (Wildman–Crippen LogP) is 0.835. The largest absolute Gasteiger partial charge is 0.491 e. The van der Waals surface area contributed by atoms with E-state index in [4.69, 9.17) is 10.5 Å². The number of hydrogen-bond donors (Lipinski definition) is 2. The lowest BCUT2D eigenvalue weighted by Gasteiger charge is -2.06. The summed E-state index contributed by atoms with van der Waals surface area (Å²) >= 11 is 0. The van der Waals surface area contributed by atoms with Crippen LogP contribution in [-0.2, 0) is 11.3 Å². The monoisotopic (exact) mass is 237 g/mol. The molecule has 5 nitrogen and oxygen atoms in total. The Bertz CT molecular complexity index is 338. The van der Waals surface area contributed by atoms with E-state index in [2.05, 4.69) is 17.2 Å². The molecule has 0 saturated heterocycles. The zero-order valence-corrected chi connectivity index (χ0v) is 10.1. The lowest BCUT2D eigenvalue weighted by molar-refractivity contribution is -0.118. The first-order chi connectivity index (χ1) is 8.22. The molecule has 17 heavy (non-hydrogen) atoms. The summed E-state index contributed by atoms with van der Waals surface area (Å²) in [6.07, 6.45) is 2.98. The van der Waals surface area contributed by atoms with E-state index < -0.39 is 0 Å². The summed E-state index contributed by atoms with van der Waals surface area (Å²) in [5.41, 5.74) is 5.98. The number of carbonyl (C=O) groups is 1. The highest BCUT2D eigenvalue weighted by atomic mass is 16.5. The van der Waals surface area contributed by atoms with Gasteiger partial charge < -0.3 is 15.8 Å². The second-order valence-corrected chi connectivity index (χ2v) is 3.73. The summed E-state index contributed by atoms with van der Waals surface area (Å²) in [6.45, 7) is 4.16. The summed E-state index contributed by atoms with van der Waals surface area (Å²) in [4.78, 5) is 14.8. The summed E-state index contributed by atoms with van der Waals surface area (Å²) in [6, 6.07) is 3.75. The lowest BCUT2D eigenvalue weighted by atomic mass is 10.3. The topological polar surface area (TPSA) is 77.2 Å². The molecule has 0 unspecified atom stereocenters. The summed E-state index contributed by atoms with van der Waals surface area (Å²) in [7, 11) is 0. The van der Waals surface area contributed by atoms with Gasteiger partial charge in [0.25, 0.3) is 0 Å². The normalized spacial score (nSPS) is 10.2. The van der Waals surface area contributed by atoms with Gasteiger partial charge in [-0.05, 0) is 25.1 Å². The van der Waals surface area contributed by atoms with E-state index in [1.807, 2.05) is 12.1 Å². The van der Waals surface area contributed by atoms with Crippen LogP contribution in [0.25, 0.3) is 0 Å². The fraction of sp³-hybridized carbons (Fsp3) is 0.500. The maximum atomic E-state index is 10.5. The van der Waals surface area contributed by atoms with Gasteiger partial charge in [-0.15, -0.1) is 0 Å². The molecule has 0 saturated carbocycles. The van der Waals surface area contributed by atoms with Crippen LogP contribution in [0.5, 0.6) is 5.75 Å². The minimum absolute atomic E-state index is 0.222. The van der Waals surface area contributed by atoms with Gasteiger partial charge in [0, 0.05) is 6.54 Å². The van der Waals surface area contributed by atoms with Crippen molar-refractivity contribution in [3.8, 4) is 5.75 Å². The SMILES string of the molecule is CCCNCc1ccc(OCCC(N)=O)cn1. The molecule has 0 spiro atoms. The van der Waals surface area contributed by atoms with E-state index in [9.17, 15) is 4.79 Å². The Morgan fingerprint density at radius 3 is 2.94 bits per heavy atom. The standard InChI is InChI=1S/C12H19N3O2/c1-2-6-14-8-10-3-4-11(9-15-10)17-7-5-12(13)16/h3-4,9,14H,2,5-8H2,1H3,(H2,13,16). The predicted molar refractivity (Wildman–Crippen MR) is 65.5 cm³/mol. The van der Waals surface area contributed by atoms with Gasteiger partial charge in [0.05, 0.1) is 24.9 Å². The van der Waals surface area contributed by atoms with Gasteiger partial charge >= 0.3 is 0 Å². The van der Waals surface area contributed by atoms with Gasteiger partial charge in [0.2, 0.25) is 5.91 Å². The molecule has 0 bridgehead atoms. The highest BCUT2D eigenvalue weighted by Gasteiger charge is 1.98. The van der Waals surface area contributed by atoms with Crippen molar-refractivity contribution in [2.24, 2.45) is 5.73 Å². The molecule has 5 heteroatoms. The van der Waals surface area contributed by atoms with Crippen molar-refractivity contribution in [2.75, 3.05) is 13.2 Å². The number of pyridine rings is 1. The Balaban J connectivity index is 2.31. The second kappa shape index (κ2) is 7.62. The van der Waals surface area contributed by atoms with Gasteiger partial charge in [-0.2, -0.15) is 0 Å². The van der Waals surface area contributed by atoms with Crippen molar-refractivity contribution in [1.82, 2.24) is 10.3 Å². The van der Waals surface area contributed by atoms with E-state index in [-0.39, 0.29) is 12.3 Å². The highest BCUT2D eigenvalue weighted by molar-refractivity contribution is 5.73. The fourth-order valence-electron chi connectivity index (χ4n) is 1.26. The molecule has 0 aromatic carbocycles. The van der Waals surface area contributed by atoms with Crippen molar-refractivity contribution >= 4 is 5.91 Å². The average Bonchev–Trinajstić information content (AvgIpc) is 2.31. The van der Waals surface area contributed by atoms with E-state index in [1.54, 1.807) is 6.20 Å². The second-order valence-electron chi connectivity index (χ2n) is 3.73. The Labute approximate surface area is 101 Å². The van der Waals surface area contributed by atoms with Crippen LogP contribution in [0.1, 0.15) is 25.5 Å². The van der Waals surface area contributed by atoms with E-state index in [1.165, 1.54) is 0 Å². The molecule has 0 aliphatic carbocycles. The summed E-state index contributed by atoms with van der Waals surface area (Å²) in [5.74, 6) is 0.295. The van der Waals surface area contributed by atoms with E-state index >= 15 is 0 Å². The molecule has 0 aliphatic rings. The van der Waals surface area contributed by atoms with Gasteiger partial charge in [0.1, 0.15) is 5.75 Å². The lowest BCUT2D eigenvalue weighted by Crippen LogP contribution is -2.15. The minimum atomic E-state index is -0.363. The van der Waals surface area contributed by atoms with Gasteiger partial charge in [-0.25, -0.2) is 0 Å². The first-order valence-electron chi connectivity index (χ1n) is 5.79. The molecule has 1 heterocycles. The maximum absolute atomic E-state index is 10.5. The van der Waals surface area contributed by atoms with Crippen molar-refractivity contribution in [1.29, 1.82) is 0 Å².